The highest BCUT2D eigenvalue weighted by Crippen LogP contribution is 2.42. The second-order valence-electron chi connectivity index (χ2n) is 8.91. The van der Waals surface area contributed by atoms with E-state index in [0.717, 1.165) is 5.56 Å². The van der Waals surface area contributed by atoms with Crippen LogP contribution < -0.4 is 10.0 Å². The van der Waals surface area contributed by atoms with Crippen molar-refractivity contribution in [2.75, 3.05) is 19.5 Å². The molecule has 1 aliphatic rings. The molecule has 2 N–H and O–H groups in total. The van der Waals surface area contributed by atoms with E-state index in [1.54, 1.807) is 36.4 Å². The van der Waals surface area contributed by atoms with Gasteiger partial charge in [-0.15, -0.1) is 0 Å². The van der Waals surface area contributed by atoms with Crippen LogP contribution in [-0.4, -0.2) is 43.4 Å². The number of sulfonamides is 1. The fraction of sp³-hybridized carbons (Fsp3) is 0.214. The molecule has 0 radical (unpaired) electrons. The Morgan fingerprint density at radius 3 is 2.35 bits per heavy atom. The number of nitrogens with one attached hydrogen (secondary N) is 2. The van der Waals surface area contributed by atoms with Crippen molar-refractivity contribution in [3.63, 3.8) is 0 Å². The van der Waals surface area contributed by atoms with E-state index in [1.165, 1.54) is 38.6 Å². The molecule has 0 amide bonds. The van der Waals surface area contributed by atoms with E-state index in [1.807, 2.05) is 30.3 Å². The fourth-order valence-electron chi connectivity index (χ4n) is 4.49. The predicted octanol–water partition coefficient (Wildman–Crippen LogP) is 4.34. The molecule has 11 nitrogen and oxygen atoms in total. The number of hydrogen-bond donors (Lipinski definition) is 2. The minimum atomic E-state index is -4.55. The molecule has 0 saturated heterocycles. The molecular weight excluding hydrogens is 536 g/mol. The Bertz CT molecular complexity index is 1540. The number of hydrogen-bond acceptors (Lipinski definition) is 9. The summed E-state index contributed by atoms with van der Waals surface area (Å²) in [4.78, 5) is 25.5. The molecule has 208 valence electrons. The minimum absolute atomic E-state index is 0.0236. The van der Waals surface area contributed by atoms with Crippen LogP contribution in [0.25, 0.3) is 5.57 Å². The molecular formula is C28H28N4O7S. The van der Waals surface area contributed by atoms with Crippen LogP contribution in [0.5, 0.6) is 0 Å². The molecule has 0 fully saturated rings. The van der Waals surface area contributed by atoms with Gasteiger partial charge in [-0.3, -0.25) is 14.9 Å². The number of aromatic nitrogens is 1. The first-order valence-electron chi connectivity index (χ1n) is 12.2. The summed E-state index contributed by atoms with van der Waals surface area (Å²) in [6, 6.07) is 19.3. The minimum Gasteiger partial charge on any atom is -0.497 e. The molecule has 1 heterocycles. The van der Waals surface area contributed by atoms with Gasteiger partial charge in [0.2, 0.25) is 20.7 Å². The summed E-state index contributed by atoms with van der Waals surface area (Å²) in [7, 11) is -2.03. The number of anilines is 1. The Hall–Kier alpha value is -4.55. The van der Waals surface area contributed by atoms with Gasteiger partial charge in [0.1, 0.15) is 5.76 Å². The van der Waals surface area contributed by atoms with Gasteiger partial charge in [-0.25, -0.2) is 18.1 Å². The first-order chi connectivity index (χ1) is 19.2. The average molecular weight is 565 g/mol. The quantitative estimate of drug-likeness (QED) is 0.197. The van der Waals surface area contributed by atoms with Crippen LogP contribution in [0.2, 0.25) is 0 Å². The van der Waals surface area contributed by atoms with Crippen molar-refractivity contribution in [1.82, 2.24) is 9.71 Å². The highest BCUT2D eigenvalue weighted by molar-refractivity contribution is 7.91. The van der Waals surface area contributed by atoms with Crippen LogP contribution in [0.4, 0.5) is 11.5 Å². The lowest BCUT2D eigenvalue weighted by atomic mass is 9.92. The van der Waals surface area contributed by atoms with Gasteiger partial charge in [0.05, 0.1) is 31.6 Å². The van der Waals surface area contributed by atoms with Gasteiger partial charge < -0.3 is 14.8 Å². The first-order valence-corrected chi connectivity index (χ1v) is 13.7. The van der Waals surface area contributed by atoms with Gasteiger partial charge in [-0.2, -0.15) is 0 Å². The summed E-state index contributed by atoms with van der Waals surface area (Å²) in [6.45, 7) is 0. The summed E-state index contributed by atoms with van der Waals surface area (Å²) < 4.78 is 42.1. The van der Waals surface area contributed by atoms with Crippen molar-refractivity contribution in [3.8, 4) is 0 Å². The maximum absolute atomic E-state index is 14.5. The number of nitro groups is 1. The molecule has 0 saturated carbocycles. The van der Waals surface area contributed by atoms with Crippen LogP contribution in [0, 0.1) is 10.1 Å². The Labute approximate surface area is 231 Å². The number of esters is 1. The molecule has 2 aromatic carbocycles. The maximum atomic E-state index is 14.5. The third-order valence-corrected chi connectivity index (χ3v) is 8.46. The number of nitrogens with zero attached hydrogens (tertiary/aromatic N) is 2. The van der Waals surface area contributed by atoms with E-state index in [-0.39, 0.29) is 24.4 Å². The molecule has 2 atom stereocenters. The molecule has 40 heavy (non-hydrogen) atoms. The smallest absolute Gasteiger partial charge is 0.311 e. The Morgan fingerprint density at radius 1 is 1.05 bits per heavy atom. The highest BCUT2D eigenvalue weighted by atomic mass is 32.2. The second-order valence-corrected chi connectivity index (χ2v) is 10.9. The Morgan fingerprint density at radius 2 is 1.73 bits per heavy atom. The Balaban J connectivity index is 1.88. The van der Waals surface area contributed by atoms with Gasteiger partial charge >= 0.3 is 11.7 Å². The summed E-state index contributed by atoms with van der Waals surface area (Å²) in [6.07, 6.45) is 4.08. The molecule has 4 rings (SSSR count). The van der Waals surface area contributed by atoms with E-state index in [0.29, 0.717) is 11.1 Å². The molecule has 12 heteroatoms. The largest absolute Gasteiger partial charge is 0.497 e. The zero-order valence-corrected chi connectivity index (χ0v) is 22.6. The van der Waals surface area contributed by atoms with Gasteiger partial charge in [-0.1, -0.05) is 66.7 Å². The third-order valence-electron chi connectivity index (χ3n) is 6.50. The molecule has 0 spiro atoms. The molecule has 0 aliphatic heterocycles. The van der Waals surface area contributed by atoms with Crippen molar-refractivity contribution in [1.29, 1.82) is 0 Å². The number of allylic oxidation sites excluding steroid dienone is 2. The standard InChI is InChI=1S/C28H28N4O7S/c1-38-25-16-15-22(20-10-5-3-6-11-20)19-28(25,30-27-24(32(34)35)14-9-17-29-27)40(36,37)31-23(18-26(33)39-2)21-12-7-4-8-13-21/h3-17,23,31H,18-19H2,1-2H3,(H,29,30). The second kappa shape index (κ2) is 12.1. The Kier molecular flexibility index (Phi) is 8.61. The predicted molar refractivity (Wildman–Crippen MR) is 149 cm³/mol. The van der Waals surface area contributed by atoms with Crippen LogP contribution in [0.3, 0.4) is 0 Å². The number of benzene rings is 2. The van der Waals surface area contributed by atoms with Crippen molar-refractivity contribution >= 4 is 33.1 Å². The average Bonchev–Trinajstić information content (AvgIpc) is 2.97. The van der Waals surface area contributed by atoms with Crippen LogP contribution in [-0.2, 0) is 24.3 Å². The molecule has 2 unspecified atom stereocenters. The van der Waals surface area contributed by atoms with Gasteiger partial charge in [-0.05, 0) is 28.8 Å². The lowest BCUT2D eigenvalue weighted by Crippen LogP contribution is -2.55. The number of ether oxygens (including phenoxy) is 2. The summed E-state index contributed by atoms with van der Waals surface area (Å²) in [5.41, 5.74) is 1.48. The van der Waals surface area contributed by atoms with Crippen molar-refractivity contribution in [2.45, 2.75) is 23.8 Å². The van der Waals surface area contributed by atoms with E-state index < -0.39 is 37.5 Å². The zero-order chi connectivity index (χ0) is 28.8. The molecule has 0 bridgehead atoms. The number of pyridine rings is 1. The fourth-order valence-corrected chi connectivity index (χ4v) is 6.28. The summed E-state index contributed by atoms with van der Waals surface area (Å²) >= 11 is 0. The number of methoxy groups -OCH3 is 2. The maximum Gasteiger partial charge on any atom is 0.311 e. The van der Waals surface area contributed by atoms with Crippen molar-refractivity contribution in [3.05, 3.63) is 118 Å². The van der Waals surface area contributed by atoms with E-state index in [9.17, 15) is 23.3 Å². The lowest BCUT2D eigenvalue weighted by Gasteiger charge is -2.39. The SMILES string of the molecule is COC(=O)CC(NS(=O)(=O)C1(Nc2ncccc2[N+](=O)[O-])CC(c2ccccc2)=CC=C1OC)c1ccccc1. The van der Waals surface area contributed by atoms with E-state index in [4.69, 9.17) is 9.47 Å². The van der Waals surface area contributed by atoms with Gasteiger partial charge in [0.15, 0.2) is 0 Å². The van der Waals surface area contributed by atoms with Crippen LogP contribution in [0.1, 0.15) is 30.0 Å². The van der Waals surface area contributed by atoms with Gasteiger partial charge in [0, 0.05) is 18.7 Å². The van der Waals surface area contributed by atoms with Gasteiger partial charge in [0.25, 0.3) is 0 Å². The summed E-state index contributed by atoms with van der Waals surface area (Å²) in [5.74, 6) is -0.918. The highest BCUT2D eigenvalue weighted by Gasteiger charge is 2.52. The number of rotatable bonds is 11. The van der Waals surface area contributed by atoms with Crippen LogP contribution in [0.15, 0.2) is 96.9 Å². The lowest BCUT2D eigenvalue weighted by molar-refractivity contribution is -0.384. The number of carbonyl (C=O) groups excluding carboxylic acids is 1. The monoisotopic (exact) mass is 564 g/mol. The van der Waals surface area contributed by atoms with Crippen molar-refractivity contribution in [2.24, 2.45) is 0 Å². The van der Waals surface area contributed by atoms with Crippen LogP contribution >= 0.6 is 0 Å². The van der Waals surface area contributed by atoms with E-state index >= 15 is 0 Å². The number of carbonyl (C=O) groups is 1. The van der Waals surface area contributed by atoms with E-state index in [2.05, 4.69) is 15.0 Å². The summed E-state index contributed by atoms with van der Waals surface area (Å²) in [5, 5.41) is 14.7. The topological polar surface area (TPSA) is 150 Å². The zero-order valence-electron chi connectivity index (χ0n) is 21.8. The molecule has 1 aliphatic carbocycles. The normalized spacial score (nSPS) is 17.6. The third kappa shape index (κ3) is 5.87. The first kappa shape index (κ1) is 28.5. The molecule has 3 aromatic rings. The molecule has 1 aromatic heterocycles. The van der Waals surface area contributed by atoms with Crippen molar-refractivity contribution < 1.29 is 27.6 Å².